The third kappa shape index (κ3) is 4.06. The van der Waals surface area contributed by atoms with E-state index < -0.39 is 8.07 Å². The molecule has 17 heavy (non-hydrogen) atoms. The van der Waals surface area contributed by atoms with Crippen LogP contribution in [-0.2, 0) is 4.74 Å². The normalized spacial score (nSPS) is 17.4. The number of nitrogens with zero attached hydrogens (tertiary/aromatic N) is 2. The van der Waals surface area contributed by atoms with Gasteiger partial charge in [0.25, 0.3) is 0 Å². The third-order valence-corrected chi connectivity index (χ3v) is 5.49. The number of allylic oxidation sites excluding steroid dienone is 1. The highest BCUT2D eigenvalue weighted by Crippen LogP contribution is 2.17. The standard InChI is InChI=1S/C12H23N3OSi/c1-5-12(17(2,3)4)16-10-15-9-14-8-11(15)6-7-13/h8,12,14H,5-6,9-10H2,1-4H3. The number of nitrogens with one attached hydrogen (secondary N) is 1. The van der Waals surface area contributed by atoms with Gasteiger partial charge in [0, 0.05) is 11.9 Å². The van der Waals surface area contributed by atoms with Crippen LogP contribution in [0.3, 0.4) is 0 Å². The predicted octanol–water partition coefficient (Wildman–Crippen LogP) is 2.23. The number of hydrogen-bond acceptors (Lipinski definition) is 4. The van der Waals surface area contributed by atoms with Crippen molar-refractivity contribution in [2.75, 3.05) is 13.4 Å². The van der Waals surface area contributed by atoms with Crippen molar-refractivity contribution >= 4 is 8.07 Å². The molecule has 0 aliphatic carbocycles. The van der Waals surface area contributed by atoms with E-state index in [1.54, 1.807) is 0 Å². The molecule has 0 amide bonds. The molecule has 0 aromatic rings. The van der Waals surface area contributed by atoms with Crippen LogP contribution in [-0.4, -0.2) is 32.1 Å². The molecule has 1 aliphatic heterocycles. The fourth-order valence-corrected chi connectivity index (χ4v) is 3.80. The van der Waals surface area contributed by atoms with Gasteiger partial charge in [-0.1, -0.05) is 26.6 Å². The highest BCUT2D eigenvalue weighted by atomic mass is 28.3. The van der Waals surface area contributed by atoms with Crippen LogP contribution < -0.4 is 5.32 Å². The summed E-state index contributed by atoms with van der Waals surface area (Å²) < 4.78 is 6.01. The maximum absolute atomic E-state index is 8.72. The quantitative estimate of drug-likeness (QED) is 0.738. The van der Waals surface area contributed by atoms with E-state index >= 15 is 0 Å². The molecule has 0 spiro atoms. The monoisotopic (exact) mass is 253 g/mol. The summed E-state index contributed by atoms with van der Waals surface area (Å²) in [5.41, 5.74) is 1.41. The van der Waals surface area contributed by atoms with E-state index in [1.807, 2.05) is 6.20 Å². The zero-order chi connectivity index (χ0) is 12.9. The Morgan fingerprint density at radius 1 is 1.59 bits per heavy atom. The second kappa shape index (κ2) is 6.08. The summed E-state index contributed by atoms with van der Waals surface area (Å²) in [4.78, 5) is 2.09. The third-order valence-electron chi connectivity index (χ3n) is 2.99. The summed E-state index contributed by atoms with van der Waals surface area (Å²) in [6.07, 6.45) is 3.41. The van der Waals surface area contributed by atoms with Gasteiger partial charge in [-0.2, -0.15) is 5.26 Å². The average Bonchev–Trinajstić information content (AvgIpc) is 2.65. The van der Waals surface area contributed by atoms with Gasteiger partial charge in [-0.3, -0.25) is 0 Å². The first-order chi connectivity index (χ1) is 7.99. The summed E-state index contributed by atoms with van der Waals surface area (Å²) in [6.45, 7) is 10.5. The lowest BCUT2D eigenvalue weighted by Crippen LogP contribution is -2.42. The van der Waals surface area contributed by atoms with Crippen LogP contribution in [0, 0.1) is 11.3 Å². The molecule has 0 aromatic heterocycles. The van der Waals surface area contributed by atoms with Crippen molar-refractivity contribution in [2.24, 2.45) is 0 Å². The molecule has 4 nitrogen and oxygen atoms in total. The maximum Gasteiger partial charge on any atom is 0.120 e. The van der Waals surface area contributed by atoms with Crippen molar-refractivity contribution in [2.45, 2.75) is 45.1 Å². The fraction of sp³-hybridized carbons (Fsp3) is 0.750. The highest BCUT2D eigenvalue weighted by molar-refractivity contribution is 6.77. The first-order valence-corrected chi connectivity index (χ1v) is 9.72. The molecule has 1 heterocycles. The molecule has 0 aromatic carbocycles. The Hall–Kier alpha value is -0.993. The Bertz CT molecular complexity index is 317. The van der Waals surface area contributed by atoms with Gasteiger partial charge >= 0.3 is 0 Å². The minimum Gasteiger partial charge on any atom is -0.372 e. The van der Waals surface area contributed by atoms with E-state index in [0.717, 1.165) is 18.8 Å². The van der Waals surface area contributed by atoms with Gasteiger partial charge in [-0.15, -0.1) is 0 Å². The second-order valence-corrected chi connectivity index (χ2v) is 10.8. The first-order valence-electron chi connectivity index (χ1n) is 6.15. The smallest absolute Gasteiger partial charge is 0.120 e. The minimum atomic E-state index is -1.25. The van der Waals surface area contributed by atoms with Crippen LogP contribution in [0.15, 0.2) is 11.9 Å². The topological polar surface area (TPSA) is 48.3 Å². The predicted molar refractivity (Wildman–Crippen MR) is 71.5 cm³/mol. The Morgan fingerprint density at radius 3 is 2.82 bits per heavy atom. The van der Waals surface area contributed by atoms with Crippen LogP contribution in [0.25, 0.3) is 0 Å². The van der Waals surface area contributed by atoms with E-state index in [9.17, 15) is 0 Å². The molecule has 1 N–H and O–H groups in total. The Kier molecular flexibility index (Phi) is 5.03. The lowest BCUT2D eigenvalue weighted by molar-refractivity contribution is 0.0240. The molecule has 96 valence electrons. The summed E-state index contributed by atoms with van der Waals surface area (Å²) in [6, 6.07) is 2.17. The van der Waals surface area contributed by atoms with Gasteiger partial charge in [0.1, 0.15) is 6.73 Å². The summed E-state index contributed by atoms with van der Waals surface area (Å²) in [7, 11) is -1.25. The van der Waals surface area contributed by atoms with Gasteiger partial charge < -0.3 is 15.0 Å². The molecule has 0 bridgehead atoms. The Balaban J connectivity index is 2.45. The van der Waals surface area contributed by atoms with Gasteiger partial charge in [0.05, 0.1) is 33.0 Å². The molecular formula is C12H23N3OSi. The Morgan fingerprint density at radius 2 is 2.29 bits per heavy atom. The van der Waals surface area contributed by atoms with E-state index in [0.29, 0.717) is 18.9 Å². The summed E-state index contributed by atoms with van der Waals surface area (Å²) in [5.74, 6) is 0. The van der Waals surface area contributed by atoms with Crippen molar-refractivity contribution in [3.8, 4) is 6.07 Å². The van der Waals surface area contributed by atoms with E-state index in [1.165, 1.54) is 0 Å². The van der Waals surface area contributed by atoms with Crippen molar-refractivity contribution in [3.63, 3.8) is 0 Å². The number of nitriles is 1. The molecule has 1 rings (SSSR count). The second-order valence-electron chi connectivity index (χ2n) is 5.43. The average molecular weight is 253 g/mol. The fourth-order valence-electron chi connectivity index (χ4n) is 2.00. The van der Waals surface area contributed by atoms with Gasteiger partial charge in [-0.25, -0.2) is 0 Å². The van der Waals surface area contributed by atoms with Crippen molar-refractivity contribution in [1.82, 2.24) is 10.2 Å². The molecule has 0 fully saturated rings. The molecule has 0 saturated carbocycles. The molecule has 0 saturated heterocycles. The maximum atomic E-state index is 8.72. The van der Waals surface area contributed by atoms with Gasteiger partial charge in [-0.05, 0) is 6.42 Å². The molecule has 1 unspecified atom stereocenters. The van der Waals surface area contributed by atoms with E-state index in [4.69, 9.17) is 10.00 Å². The molecule has 1 atom stereocenters. The molecule has 0 radical (unpaired) electrons. The molecule has 1 aliphatic rings. The van der Waals surface area contributed by atoms with Crippen LogP contribution in [0.5, 0.6) is 0 Å². The number of rotatable bonds is 6. The van der Waals surface area contributed by atoms with Crippen molar-refractivity contribution in [3.05, 3.63) is 11.9 Å². The van der Waals surface area contributed by atoms with E-state index in [2.05, 4.69) is 42.9 Å². The lowest BCUT2D eigenvalue weighted by Gasteiger charge is -2.30. The van der Waals surface area contributed by atoms with Crippen LogP contribution in [0.2, 0.25) is 19.6 Å². The molecular weight excluding hydrogens is 230 g/mol. The van der Waals surface area contributed by atoms with Crippen molar-refractivity contribution in [1.29, 1.82) is 5.26 Å². The van der Waals surface area contributed by atoms with Crippen molar-refractivity contribution < 1.29 is 4.74 Å². The number of hydrogen-bond donors (Lipinski definition) is 1. The SMILES string of the molecule is CCC(OCN1CNC=C1CC#N)[Si](C)(C)C. The van der Waals surface area contributed by atoms with Gasteiger partial charge in [0.15, 0.2) is 0 Å². The largest absolute Gasteiger partial charge is 0.372 e. The summed E-state index contributed by atoms with van der Waals surface area (Å²) >= 11 is 0. The van der Waals surface area contributed by atoms with Crippen LogP contribution in [0.4, 0.5) is 0 Å². The van der Waals surface area contributed by atoms with Crippen LogP contribution >= 0.6 is 0 Å². The van der Waals surface area contributed by atoms with Gasteiger partial charge in [0.2, 0.25) is 0 Å². The Labute approximate surface area is 105 Å². The van der Waals surface area contributed by atoms with E-state index in [-0.39, 0.29) is 0 Å². The molecule has 5 heteroatoms. The van der Waals surface area contributed by atoms with Crippen LogP contribution in [0.1, 0.15) is 19.8 Å². The highest BCUT2D eigenvalue weighted by Gasteiger charge is 2.27. The number of ether oxygens (including phenoxy) is 1. The minimum absolute atomic E-state index is 0.381. The first kappa shape index (κ1) is 14.1. The lowest BCUT2D eigenvalue weighted by atomic mass is 10.3. The zero-order valence-electron chi connectivity index (χ0n) is 11.3. The zero-order valence-corrected chi connectivity index (χ0v) is 12.3. The summed E-state index contributed by atoms with van der Waals surface area (Å²) in [5, 5.41) is 11.8.